The molecule has 0 spiro atoms. The number of benzene rings is 2. The van der Waals surface area contributed by atoms with Crippen LogP contribution in [-0.4, -0.2) is 27.6 Å². The molecule has 7 heteroatoms. The maximum atomic E-state index is 12.3. The molecule has 0 N–H and O–H groups in total. The molecule has 0 bridgehead atoms. The molecule has 24 heavy (non-hydrogen) atoms. The van der Waals surface area contributed by atoms with Gasteiger partial charge < -0.3 is 13.7 Å². The molecular weight excluding hydrogens is 332 g/mol. The van der Waals surface area contributed by atoms with Crippen molar-refractivity contribution in [3.63, 3.8) is 0 Å². The first kappa shape index (κ1) is 16.1. The molecule has 2 aromatic rings. The lowest BCUT2D eigenvalue weighted by Gasteiger charge is -2.03. The van der Waals surface area contributed by atoms with E-state index in [1.54, 1.807) is 36.4 Å². The Morgan fingerprint density at radius 2 is 1.71 bits per heavy atom. The normalized spacial score (nSPS) is 15.1. The summed E-state index contributed by atoms with van der Waals surface area (Å²) in [6.07, 6.45) is 2.55. The molecule has 124 valence electrons. The van der Waals surface area contributed by atoms with Gasteiger partial charge in [-0.2, -0.15) is 8.42 Å². The molecule has 0 aromatic heterocycles. The zero-order valence-electron chi connectivity index (χ0n) is 13.0. The summed E-state index contributed by atoms with van der Waals surface area (Å²) in [7, 11) is -2.03. The Bertz CT molecular complexity index is 926. The third-order valence-corrected chi connectivity index (χ3v) is 3.80. The van der Waals surface area contributed by atoms with Gasteiger partial charge in [-0.1, -0.05) is 12.1 Å². The fraction of sp³-hybridized carbons (Fsp3) is 0.118. The summed E-state index contributed by atoms with van der Waals surface area (Å²) in [5.74, 6) is 1.22. The lowest BCUT2D eigenvalue weighted by Crippen LogP contribution is -2.05. The highest BCUT2D eigenvalue weighted by Crippen LogP contribution is 2.34. The van der Waals surface area contributed by atoms with Crippen molar-refractivity contribution in [1.29, 1.82) is 0 Å². The molecule has 3 rings (SSSR count). The number of carbonyl (C=O) groups excluding carboxylic acids is 1. The number of hydrogen-bond acceptors (Lipinski definition) is 6. The van der Waals surface area contributed by atoms with Gasteiger partial charge in [-0.05, 0) is 35.9 Å². The zero-order chi connectivity index (χ0) is 17.3. The van der Waals surface area contributed by atoms with Crippen molar-refractivity contribution in [2.24, 2.45) is 0 Å². The van der Waals surface area contributed by atoms with Crippen molar-refractivity contribution in [3.8, 4) is 17.2 Å². The van der Waals surface area contributed by atoms with Crippen molar-refractivity contribution in [1.82, 2.24) is 0 Å². The van der Waals surface area contributed by atoms with E-state index in [1.807, 2.05) is 0 Å². The van der Waals surface area contributed by atoms with Crippen LogP contribution in [0.15, 0.2) is 48.2 Å². The Labute approximate surface area is 139 Å². The number of methoxy groups -OCH3 is 1. The maximum Gasteiger partial charge on any atom is 0.306 e. The SMILES string of the molecule is COc1ccc2c(c1)O/C(=C\c1ccc(OS(C)(=O)=O)cc1)C2=O. The van der Waals surface area contributed by atoms with E-state index in [9.17, 15) is 13.2 Å². The van der Waals surface area contributed by atoms with Gasteiger partial charge in [-0.3, -0.25) is 4.79 Å². The molecule has 2 aromatic carbocycles. The van der Waals surface area contributed by atoms with E-state index >= 15 is 0 Å². The second-order valence-corrected chi connectivity index (χ2v) is 6.73. The minimum Gasteiger partial charge on any atom is -0.497 e. The molecule has 0 saturated heterocycles. The molecule has 1 heterocycles. The summed E-state index contributed by atoms with van der Waals surface area (Å²) in [5.41, 5.74) is 1.15. The van der Waals surface area contributed by atoms with Gasteiger partial charge >= 0.3 is 10.1 Å². The lowest BCUT2D eigenvalue weighted by atomic mass is 10.1. The smallest absolute Gasteiger partial charge is 0.306 e. The number of rotatable bonds is 4. The minimum absolute atomic E-state index is 0.190. The van der Waals surface area contributed by atoms with Crippen molar-refractivity contribution in [2.45, 2.75) is 0 Å². The van der Waals surface area contributed by atoms with Crippen LogP contribution in [0.1, 0.15) is 15.9 Å². The third kappa shape index (κ3) is 3.41. The molecule has 6 nitrogen and oxygen atoms in total. The first-order valence-electron chi connectivity index (χ1n) is 6.97. The van der Waals surface area contributed by atoms with Crippen LogP contribution in [0.25, 0.3) is 6.08 Å². The number of ketones is 1. The second kappa shape index (κ2) is 6.01. The molecule has 0 aliphatic carbocycles. The highest BCUT2D eigenvalue weighted by atomic mass is 32.2. The number of fused-ring (bicyclic) bond motifs is 1. The van der Waals surface area contributed by atoms with E-state index in [-0.39, 0.29) is 17.3 Å². The lowest BCUT2D eigenvalue weighted by molar-refractivity contribution is 0.101. The van der Waals surface area contributed by atoms with Crippen LogP contribution < -0.4 is 13.7 Å². The van der Waals surface area contributed by atoms with Crippen LogP contribution >= 0.6 is 0 Å². The Morgan fingerprint density at radius 1 is 1.04 bits per heavy atom. The van der Waals surface area contributed by atoms with Crippen LogP contribution in [0.4, 0.5) is 0 Å². The Morgan fingerprint density at radius 3 is 2.33 bits per heavy atom. The summed E-state index contributed by atoms with van der Waals surface area (Å²) in [4.78, 5) is 12.3. The van der Waals surface area contributed by atoms with Gasteiger partial charge in [0.15, 0.2) is 5.76 Å². The van der Waals surface area contributed by atoms with Gasteiger partial charge in [-0.25, -0.2) is 0 Å². The molecule has 0 atom stereocenters. The van der Waals surface area contributed by atoms with E-state index in [0.29, 0.717) is 22.6 Å². The van der Waals surface area contributed by atoms with Crippen LogP contribution in [0.2, 0.25) is 0 Å². The second-order valence-electron chi connectivity index (χ2n) is 5.16. The third-order valence-electron chi connectivity index (χ3n) is 3.30. The molecule has 1 aliphatic heterocycles. The number of ether oxygens (including phenoxy) is 2. The van der Waals surface area contributed by atoms with E-state index in [1.165, 1.54) is 19.2 Å². The minimum atomic E-state index is -3.57. The van der Waals surface area contributed by atoms with Gasteiger partial charge in [0, 0.05) is 6.07 Å². The number of hydrogen-bond donors (Lipinski definition) is 0. The first-order chi connectivity index (χ1) is 11.4. The number of Topliss-reactive ketones (excluding diaryl/α,β-unsaturated/α-hetero) is 1. The summed E-state index contributed by atoms with van der Waals surface area (Å²) in [5, 5.41) is 0. The predicted octanol–water partition coefficient (Wildman–Crippen LogP) is 2.65. The van der Waals surface area contributed by atoms with E-state index in [0.717, 1.165) is 6.26 Å². The Balaban J connectivity index is 1.84. The van der Waals surface area contributed by atoms with E-state index in [2.05, 4.69) is 0 Å². The highest BCUT2D eigenvalue weighted by Gasteiger charge is 2.27. The molecule has 0 amide bonds. The fourth-order valence-corrected chi connectivity index (χ4v) is 2.70. The first-order valence-corrected chi connectivity index (χ1v) is 8.79. The monoisotopic (exact) mass is 346 g/mol. The Kier molecular flexibility index (Phi) is 4.02. The van der Waals surface area contributed by atoms with Gasteiger partial charge in [0.05, 0.1) is 18.9 Å². The van der Waals surface area contributed by atoms with Crippen molar-refractivity contribution in [2.75, 3.05) is 13.4 Å². The van der Waals surface area contributed by atoms with Gasteiger partial charge in [0.25, 0.3) is 0 Å². The van der Waals surface area contributed by atoms with Crippen molar-refractivity contribution < 1.29 is 26.9 Å². The standard InChI is InChI=1S/C17H14O6S/c1-21-13-7-8-14-15(10-13)22-16(17(14)18)9-11-3-5-12(6-4-11)23-24(2,19)20/h3-10H,1-2H3/b16-9-. The Hall–Kier alpha value is -2.80. The molecule has 1 aliphatic rings. The quantitative estimate of drug-likeness (QED) is 0.625. The van der Waals surface area contributed by atoms with Crippen LogP contribution in [0, 0.1) is 0 Å². The summed E-state index contributed by atoms with van der Waals surface area (Å²) in [6, 6.07) is 11.3. The average molecular weight is 346 g/mol. The summed E-state index contributed by atoms with van der Waals surface area (Å²) in [6.45, 7) is 0. The fourth-order valence-electron chi connectivity index (χ4n) is 2.24. The van der Waals surface area contributed by atoms with Crippen LogP contribution in [0.3, 0.4) is 0 Å². The van der Waals surface area contributed by atoms with Crippen molar-refractivity contribution in [3.05, 3.63) is 59.4 Å². The van der Waals surface area contributed by atoms with E-state index in [4.69, 9.17) is 13.7 Å². The van der Waals surface area contributed by atoms with Crippen LogP contribution in [-0.2, 0) is 10.1 Å². The maximum absolute atomic E-state index is 12.3. The predicted molar refractivity (Wildman–Crippen MR) is 87.8 cm³/mol. The van der Waals surface area contributed by atoms with Gasteiger partial charge in [0.1, 0.15) is 17.2 Å². The van der Waals surface area contributed by atoms with Gasteiger partial charge in [-0.15, -0.1) is 0 Å². The average Bonchev–Trinajstić information content (AvgIpc) is 2.83. The zero-order valence-corrected chi connectivity index (χ0v) is 13.8. The van der Waals surface area contributed by atoms with Crippen molar-refractivity contribution >= 4 is 22.0 Å². The topological polar surface area (TPSA) is 78.9 Å². The van der Waals surface area contributed by atoms with Gasteiger partial charge in [0.2, 0.25) is 5.78 Å². The molecule has 0 fully saturated rings. The molecule has 0 radical (unpaired) electrons. The number of allylic oxidation sites excluding steroid dienone is 1. The van der Waals surface area contributed by atoms with Crippen LogP contribution in [0.5, 0.6) is 17.2 Å². The highest BCUT2D eigenvalue weighted by molar-refractivity contribution is 7.86. The summed E-state index contributed by atoms with van der Waals surface area (Å²) >= 11 is 0. The molecular formula is C17H14O6S. The molecule has 0 unspecified atom stereocenters. The van der Waals surface area contributed by atoms with E-state index < -0.39 is 10.1 Å². The molecule has 0 saturated carbocycles. The summed E-state index contributed by atoms with van der Waals surface area (Å²) < 4.78 is 37.6. The largest absolute Gasteiger partial charge is 0.497 e. The number of carbonyl (C=O) groups is 1.